The highest BCUT2D eigenvalue weighted by Gasteiger charge is 2.23. The molecule has 0 aliphatic heterocycles. The Bertz CT molecular complexity index is 5410. The van der Waals surface area contributed by atoms with E-state index in [1.807, 2.05) is 12.1 Å². The van der Waals surface area contributed by atoms with Crippen LogP contribution in [-0.2, 0) is 0 Å². The van der Waals surface area contributed by atoms with Gasteiger partial charge in [0.1, 0.15) is 22.5 Å². The van der Waals surface area contributed by atoms with Crippen LogP contribution < -0.4 is 0 Å². The zero-order valence-corrected chi connectivity index (χ0v) is 47.8. The maximum atomic E-state index is 6.25. The molecule has 14 aromatic carbocycles. The molecule has 0 saturated carbocycles. The van der Waals surface area contributed by atoms with Crippen LogP contribution in [0.2, 0.25) is 0 Å². The van der Waals surface area contributed by atoms with Crippen molar-refractivity contribution in [3.05, 3.63) is 319 Å². The quantitative estimate of drug-likeness (QED) is 0.155. The zero-order chi connectivity index (χ0) is 57.4. The molecule has 0 bridgehead atoms. The van der Waals surface area contributed by atoms with Gasteiger partial charge in [0.05, 0.1) is 0 Å². The number of benzene rings is 14. The Morgan fingerprint density at radius 2 is 0.759 bits per heavy atom. The monoisotopic (exact) mass is 1110 g/mol. The fraction of sp³-hybridized carbons (Fsp3) is 0.0353. The van der Waals surface area contributed by atoms with Gasteiger partial charge in [-0.1, -0.05) is 267 Å². The Morgan fingerprint density at radius 1 is 0.276 bits per heavy atom. The second-order valence-electron chi connectivity index (χ2n) is 23.2. The van der Waals surface area contributed by atoms with Gasteiger partial charge in [0, 0.05) is 27.6 Å². The van der Waals surface area contributed by atoms with E-state index in [9.17, 15) is 0 Å². The normalized spacial score (nSPS) is 13.6. The number of hydrogen-bond donors (Lipinski definition) is 0. The van der Waals surface area contributed by atoms with E-state index in [0.717, 1.165) is 57.1 Å². The lowest BCUT2D eigenvalue weighted by Crippen LogP contribution is -2.05. The fourth-order valence-electron chi connectivity index (χ4n) is 14.3. The summed E-state index contributed by atoms with van der Waals surface area (Å²) >= 11 is 0. The van der Waals surface area contributed by atoms with E-state index < -0.39 is 0 Å². The highest BCUT2D eigenvalue weighted by Crippen LogP contribution is 2.48. The Balaban J connectivity index is 0.000000136. The minimum atomic E-state index is 0.355. The van der Waals surface area contributed by atoms with Crippen molar-refractivity contribution >= 4 is 105 Å². The third-order valence-corrected chi connectivity index (χ3v) is 18.3. The average molecular weight is 1110 g/mol. The van der Waals surface area contributed by atoms with Crippen LogP contribution in [0.25, 0.3) is 161 Å². The summed E-state index contributed by atoms with van der Waals surface area (Å²) in [5.41, 5.74) is 20.5. The second-order valence-corrected chi connectivity index (χ2v) is 23.2. The molecule has 0 fully saturated rings. The van der Waals surface area contributed by atoms with E-state index in [0.29, 0.717) is 5.92 Å². The molecule has 2 aliphatic carbocycles. The third kappa shape index (κ3) is 8.63. The molecule has 2 aromatic heterocycles. The van der Waals surface area contributed by atoms with Gasteiger partial charge in [-0.15, -0.1) is 0 Å². The molecule has 2 heterocycles. The topological polar surface area (TPSA) is 26.3 Å². The summed E-state index contributed by atoms with van der Waals surface area (Å²) < 4.78 is 12.4. The number of para-hydroxylation sites is 1. The maximum absolute atomic E-state index is 6.25. The highest BCUT2D eigenvalue weighted by molar-refractivity contribution is 6.23. The predicted octanol–water partition coefficient (Wildman–Crippen LogP) is 24.1. The van der Waals surface area contributed by atoms with Crippen LogP contribution in [-0.4, -0.2) is 0 Å². The van der Waals surface area contributed by atoms with Gasteiger partial charge in [-0.05, 0) is 182 Å². The van der Waals surface area contributed by atoms with Gasteiger partial charge in [-0.25, -0.2) is 0 Å². The van der Waals surface area contributed by atoms with Gasteiger partial charge in [0.15, 0.2) is 0 Å². The van der Waals surface area contributed by atoms with Crippen molar-refractivity contribution in [2.75, 3.05) is 0 Å². The van der Waals surface area contributed by atoms with Gasteiger partial charge >= 0.3 is 0 Å². The van der Waals surface area contributed by atoms with Crippen molar-refractivity contribution in [1.82, 2.24) is 0 Å². The Kier molecular flexibility index (Phi) is 12.1. The van der Waals surface area contributed by atoms with E-state index in [1.165, 1.54) is 126 Å². The van der Waals surface area contributed by atoms with Gasteiger partial charge in [-0.3, -0.25) is 0 Å². The first-order valence-corrected chi connectivity index (χ1v) is 30.3. The summed E-state index contributed by atoms with van der Waals surface area (Å²) in [6.45, 7) is 0. The molecule has 87 heavy (non-hydrogen) atoms. The zero-order valence-electron chi connectivity index (χ0n) is 47.8. The van der Waals surface area contributed by atoms with Gasteiger partial charge in [-0.2, -0.15) is 0 Å². The smallest absolute Gasteiger partial charge is 0.135 e. The standard InChI is InChI=1S/C43H30O.C42H26O/c1-2-17-34-39-27-31(24-25-41(39)44-40(34)23-3-1)43-37-20-8-6-18-35(37)42(36-19-7-9-21-38(36)43)30-15-10-14-29(26-30)33-22-11-13-28-12-4-5-16-32(28)33;1-2-10-30-25-31(22-19-27(30)9-1)28-17-20-29(21-18-28)41-34-12-3-5-14-36(34)42(37-15-6-4-13-35(37)41)32-23-24-40-38(26-32)33-11-7-8-16-39(33)43-40/h2-21,23-27,33H,1,22H2;1-26H. The van der Waals surface area contributed by atoms with Crippen LogP contribution in [0.4, 0.5) is 0 Å². The second kappa shape index (κ2) is 20.9. The largest absolute Gasteiger partial charge is 0.456 e. The van der Waals surface area contributed by atoms with E-state index in [2.05, 4.69) is 297 Å². The van der Waals surface area contributed by atoms with Crippen LogP contribution in [0, 0.1) is 0 Å². The molecule has 2 nitrogen and oxygen atoms in total. The van der Waals surface area contributed by atoms with Crippen LogP contribution in [0.15, 0.2) is 300 Å². The number of hydrogen-bond acceptors (Lipinski definition) is 2. The van der Waals surface area contributed by atoms with Gasteiger partial charge in [0.25, 0.3) is 0 Å². The molecule has 1 atom stereocenters. The summed E-state index contributed by atoms with van der Waals surface area (Å²) in [4.78, 5) is 0. The van der Waals surface area contributed by atoms with Crippen molar-refractivity contribution in [2.24, 2.45) is 0 Å². The van der Waals surface area contributed by atoms with Crippen LogP contribution in [0.3, 0.4) is 0 Å². The average Bonchev–Trinajstić information content (AvgIpc) is 3.23. The molecule has 16 aromatic rings. The van der Waals surface area contributed by atoms with Crippen molar-refractivity contribution in [1.29, 1.82) is 0 Å². The molecule has 0 radical (unpaired) electrons. The van der Waals surface area contributed by atoms with Gasteiger partial charge < -0.3 is 8.83 Å². The summed E-state index contributed by atoms with van der Waals surface area (Å²) in [5, 5.41) is 16.1. The molecule has 0 amide bonds. The number of rotatable bonds is 6. The molecule has 0 spiro atoms. The highest BCUT2D eigenvalue weighted by atomic mass is 16.3. The maximum Gasteiger partial charge on any atom is 0.135 e. The predicted molar refractivity (Wildman–Crippen MR) is 369 cm³/mol. The summed E-state index contributed by atoms with van der Waals surface area (Å²) in [5.74, 6) is 1.29. The Morgan fingerprint density at radius 3 is 1.41 bits per heavy atom. The van der Waals surface area contributed by atoms with Crippen molar-refractivity contribution in [3.63, 3.8) is 0 Å². The Labute approximate surface area is 504 Å². The SMILES string of the molecule is C1=Cc2oc3ccc(-c4c5ccccc5c(-c5cccc(C6CC=Cc7ccccc76)c5)c5ccccc45)cc3c2C=CC1.c1ccc2cc(-c3ccc(-c4c5ccccc5c(-c5ccc6oc7ccccc7c6c5)c5ccccc45)cc3)ccc2c1. The lowest BCUT2D eigenvalue weighted by molar-refractivity contribution is 0.603. The molecule has 0 saturated heterocycles. The lowest BCUT2D eigenvalue weighted by atomic mass is 9.80. The van der Waals surface area contributed by atoms with E-state index in [4.69, 9.17) is 8.83 Å². The third-order valence-electron chi connectivity index (χ3n) is 18.3. The van der Waals surface area contributed by atoms with Crippen molar-refractivity contribution < 1.29 is 8.83 Å². The first kappa shape index (κ1) is 50.5. The van der Waals surface area contributed by atoms with Crippen LogP contribution in [0.5, 0.6) is 0 Å². The minimum absolute atomic E-state index is 0.355. The number of fused-ring (bicyclic) bond motifs is 12. The van der Waals surface area contributed by atoms with Crippen molar-refractivity contribution in [3.8, 4) is 55.6 Å². The first-order chi connectivity index (χ1) is 43.1. The van der Waals surface area contributed by atoms with E-state index >= 15 is 0 Å². The molecular weight excluding hydrogens is 1050 g/mol. The molecule has 18 rings (SSSR count). The van der Waals surface area contributed by atoms with Crippen molar-refractivity contribution in [2.45, 2.75) is 18.8 Å². The van der Waals surface area contributed by atoms with Crippen LogP contribution >= 0.6 is 0 Å². The van der Waals surface area contributed by atoms with Gasteiger partial charge in [0.2, 0.25) is 0 Å². The van der Waals surface area contributed by atoms with E-state index in [-0.39, 0.29) is 0 Å². The molecule has 1 unspecified atom stereocenters. The summed E-state index contributed by atoms with van der Waals surface area (Å²) in [6.07, 6.45) is 15.2. The molecule has 408 valence electrons. The molecule has 2 aliphatic rings. The molecular formula is C85H56O2. The Hall–Kier alpha value is -11.1. The summed E-state index contributed by atoms with van der Waals surface area (Å²) in [7, 11) is 0. The molecule has 0 N–H and O–H groups in total. The van der Waals surface area contributed by atoms with E-state index in [1.54, 1.807) is 0 Å². The summed E-state index contributed by atoms with van der Waals surface area (Å²) in [6, 6.07) is 99.5. The van der Waals surface area contributed by atoms with Crippen LogP contribution in [0.1, 0.15) is 46.8 Å². The first-order valence-electron chi connectivity index (χ1n) is 30.3. The number of allylic oxidation sites excluding steroid dienone is 3. The minimum Gasteiger partial charge on any atom is -0.456 e. The molecule has 2 heteroatoms. The fourth-order valence-corrected chi connectivity index (χ4v) is 14.3. The lowest BCUT2D eigenvalue weighted by Gasteiger charge is -2.23. The number of furan rings is 2.